The maximum atomic E-state index is 12.7. The van der Waals surface area contributed by atoms with Gasteiger partial charge in [0.1, 0.15) is 5.78 Å². The fourth-order valence-electron chi connectivity index (χ4n) is 3.15. The summed E-state index contributed by atoms with van der Waals surface area (Å²) < 4.78 is 5.39. The molecule has 2 N–H and O–H groups in total. The van der Waals surface area contributed by atoms with Crippen molar-refractivity contribution in [1.29, 1.82) is 0 Å². The van der Waals surface area contributed by atoms with Gasteiger partial charge >= 0.3 is 12.1 Å². The molecule has 2 aliphatic rings. The molecule has 8 nitrogen and oxygen atoms in total. The summed E-state index contributed by atoms with van der Waals surface area (Å²) >= 11 is 0. The molecule has 1 fully saturated rings. The van der Waals surface area contributed by atoms with E-state index in [0.717, 1.165) is 10.5 Å². The number of nitrogens with zero attached hydrogens (tertiary/aromatic N) is 1. The molecule has 3 rings (SSSR count). The highest BCUT2D eigenvalue weighted by atomic mass is 16.6. The number of imide groups is 1. The topological polar surface area (TPSA) is 105 Å². The predicted octanol–water partition coefficient (Wildman–Crippen LogP) is 1.15. The molecule has 1 aromatic carbocycles. The van der Waals surface area contributed by atoms with Crippen molar-refractivity contribution in [3.8, 4) is 0 Å². The molecular formula is C16H17N3O5. The van der Waals surface area contributed by atoms with E-state index in [0.29, 0.717) is 24.1 Å². The number of carbonyl (C=O) groups excluding carboxylic acids is 4. The van der Waals surface area contributed by atoms with E-state index < -0.39 is 17.6 Å². The van der Waals surface area contributed by atoms with Gasteiger partial charge in [0.25, 0.3) is 5.91 Å². The van der Waals surface area contributed by atoms with Crippen LogP contribution in [0, 0.1) is 0 Å². The van der Waals surface area contributed by atoms with E-state index in [2.05, 4.69) is 10.6 Å². The van der Waals surface area contributed by atoms with Gasteiger partial charge in [-0.1, -0.05) is 6.07 Å². The van der Waals surface area contributed by atoms with Crippen molar-refractivity contribution in [3.05, 3.63) is 29.3 Å². The number of nitrogens with one attached hydrogen (secondary N) is 2. The van der Waals surface area contributed by atoms with Crippen LogP contribution in [0.2, 0.25) is 0 Å². The molecule has 1 atom stereocenters. The maximum Gasteiger partial charge on any atom is 0.418 e. The van der Waals surface area contributed by atoms with E-state index in [-0.39, 0.29) is 18.4 Å². The average Bonchev–Trinajstić information content (AvgIpc) is 3.00. The molecule has 4 amide bonds. The number of rotatable bonds is 3. The van der Waals surface area contributed by atoms with Crippen LogP contribution < -0.4 is 10.6 Å². The molecule has 1 aliphatic carbocycles. The SMILES string of the molecule is CNC(=O)Nc1ccc2c(c1)CC[C@]21OC(=O)N(CC(C)=O)C1=O. The number of ketones is 1. The Bertz CT molecular complexity index is 760. The van der Waals surface area contributed by atoms with Gasteiger partial charge in [0.05, 0.1) is 6.54 Å². The average molecular weight is 331 g/mol. The third kappa shape index (κ3) is 2.40. The van der Waals surface area contributed by atoms with Gasteiger partial charge < -0.3 is 15.4 Å². The van der Waals surface area contributed by atoms with Gasteiger partial charge in [0.15, 0.2) is 0 Å². The van der Waals surface area contributed by atoms with Crippen molar-refractivity contribution in [2.24, 2.45) is 0 Å². The summed E-state index contributed by atoms with van der Waals surface area (Å²) in [7, 11) is 1.51. The van der Waals surface area contributed by atoms with Crippen LogP contribution in [0.1, 0.15) is 24.5 Å². The van der Waals surface area contributed by atoms with Crippen molar-refractivity contribution in [3.63, 3.8) is 0 Å². The van der Waals surface area contributed by atoms with Crippen molar-refractivity contribution in [1.82, 2.24) is 10.2 Å². The quantitative estimate of drug-likeness (QED) is 0.864. The van der Waals surface area contributed by atoms with Gasteiger partial charge in [0.2, 0.25) is 5.60 Å². The molecule has 0 bridgehead atoms. The van der Waals surface area contributed by atoms with Gasteiger partial charge in [-0.3, -0.25) is 9.59 Å². The summed E-state index contributed by atoms with van der Waals surface area (Å²) in [5, 5.41) is 5.11. The van der Waals surface area contributed by atoms with Gasteiger partial charge in [-0.2, -0.15) is 0 Å². The Morgan fingerprint density at radius 1 is 1.33 bits per heavy atom. The Kier molecular flexibility index (Phi) is 3.75. The van der Waals surface area contributed by atoms with E-state index in [9.17, 15) is 19.2 Å². The second-order valence-electron chi connectivity index (χ2n) is 5.86. The van der Waals surface area contributed by atoms with Crippen LogP contribution in [-0.4, -0.2) is 42.3 Å². The number of benzene rings is 1. The molecule has 0 saturated carbocycles. The van der Waals surface area contributed by atoms with Gasteiger partial charge in [-0.15, -0.1) is 0 Å². The Morgan fingerprint density at radius 2 is 2.08 bits per heavy atom. The number of anilines is 1. The molecule has 1 aliphatic heterocycles. The first-order valence-electron chi connectivity index (χ1n) is 7.54. The Labute approximate surface area is 138 Å². The smallest absolute Gasteiger partial charge is 0.418 e. The lowest BCUT2D eigenvalue weighted by Crippen LogP contribution is -2.39. The lowest BCUT2D eigenvalue weighted by Gasteiger charge is -2.20. The van der Waals surface area contributed by atoms with Crippen LogP contribution >= 0.6 is 0 Å². The number of aryl methyl sites for hydroxylation is 1. The van der Waals surface area contributed by atoms with Gasteiger partial charge in [-0.05, 0) is 31.0 Å². The highest BCUT2D eigenvalue weighted by Gasteiger charge is 2.58. The van der Waals surface area contributed by atoms with Gasteiger partial charge in [-0.25, -0.2) is 14.5 Å². The molecule has 0 radical (unpaired) electrons. The third-order valence-corrected chi connectivity index (χ3v) is 4.22. The summed E-state index contributed by atoms with van der Waals surface area (Å²) in [5.74, 6) is -0.797. The Balaban J connectivity index is 1.92. The van der Waals surface area contributed by atoms with Crippen molar-refractivity contribution < 1.29 is 23.9 Å². The molecule has 24 heavy (non-hydrogen) atoms. The first kappa shape index (κ1) is 16.0. The summed E-state index contributed by atoms with van der Waals surface area (Å²) in [5.41, 5.74) is 0.666. The third-order valence-electron chi connectivity index (χ3n) is 4.22. The van der Waals surface area contributed by atoms with E-state index in [4.69, 9.17) is 4.74 Å². The van der Waals surface area contributed by atoms with Crippen molar-refractivity contribution in [2.75, 3.05) is 18.9 Å². The first-order valence-corrected chi connectivity index (χ1v) is 7.54. The van der Waals surface area contributed by atoms with E-state index >= 15 is 0 Å². The summed E-state index contributed by atoms with van der Waals surface area (Å²) in [6.45, 7) is 1.02. The molecule has 0 unspecified atom stereocenters. The normalized spacial score (nSPS) is 21.7. The zero-order valence-electron chi connectivity index (χ0n) is 13.3. The number of urea groups is 1. The number of hydrogen-bond acceptors (Lipinski definition) is 5. The second-order valence-corrected chi connectivity index (χ2v) is 5.86. The zero-order valence-corrected chi connectivity index (χ0v) is 13.3. The molecule has 1 saturated heterocycles. The summed E-state index contributed by atoms with van der Waals surface area (Å²) in [6.07, 6.45) is 0.0617. The Hall–Kier alpha value is -2.90. The summed E-state index contributed by atoms with van der Waals surface area (Å²) in [4.78, 5) is 48.2. The number of hydrogen-bond donors (Lipinski definition) is 2. The van der Waals surface area contributed by atoms with E-state index in [1.54, 1.807) is 18.2 Å². The predicted molar refractivity (Wildman–Crippen MR) is 83.4 cm³/mol. The molecule has 0 aromatic heterocycles. The fourth-order valence-corrected chi connectivity index (χ4v) is 3.15. The molecule has 1 spiro atoms. The van der Waals surface area contributed by atoms with E-state index in [1.165, 1.54) is 14.0 Å². The monoisotopic (exact) mass is 331 g/mol. The highest BCUT2D eigenvalue weighted by Crippen LogP contribution is 2.45. The number of ether oxygens (including phenoxy) is 1. The number of amides is 4. The van der Waals surface area contributed by atoms with Crippen LogP contribution in [0.4, 0.5) is 15.3 Å². The van der Waals surface area contributed by atoms with E-state index in [1.807, 2.05) is 0 Å². The number of fused-ring (bicyclic) bond motifs is 2. The lowest BCUT2D eigenvalue weighted by atomic mass is 9.94. The highest BCUT2D eigenvalue weighted by molar-refractivity contribution is 6.06. The summed E-state index contributed by atoms with van der Waals surface area (Å²) in [6, 6.07) is 4.73. The number of carbonyl (C=O) groups is 4. The maximum absolute atomic E-state index is 12.7. The molecule has 8 heteroatoms. The minimum atomic E-state index is -1.35. The second kappa shape index (κ2) is 5.63. The van der Waals surface area contributed by atoms with Crippen LogP contribution in [-0.2, 0) is 26.3 Å². The van der Waals surface area contributed by atoms with Crippen molar-refractivity contribution >= 4 is 29.5 Å². The molecule has 126 valence electrons. The molecule has 1 heterocycles. The standard InChI is InChI=1S/C16H17N3O5/c1-9(20)8-19-13(21)16(24-15(19)23)6-5-10-7-11(3-4-12(10)16)18-14(22)17-2/h3-4,7H,5-6,8H2,1-2H3,(H2,17,18,22)/t16-/m0/s1. The largest absolute Gasteiger partial charge is 0.427 e. The van der Waals surface area contributed by atoms with Crippen LogP contribution in [0.5, 0.6) is 0 Å². The minimum Gasteiger partial charge on any atom is -0.427 e. The molecular weight excluding hydrogens is 314 g/mol. The number of Topliss-reactive ketones (excluding diaryl/α,β-unsaturated/α-hetero) is 1. The van der Waals surface area contributed by atoms with Crippen molar-refractivity contribution in [2.45, 2.75) is 25.4 Å². The fraction of sp³-hybridized carbons (Fsp3) is 0.375. The van der Waals surface area contributed by atoms with Crippen LogP contribution in [0.25, 0.3) is 0 Å². The Morgan fingerprint density at radius 3 is 2.75 bits per heavy atom. The lowest BCUT2D eigenvalue weighted by molar-refractivity contribution is -0.139. The zero-order chi connectivity index (χ0) is 17.5. The van der Waals surface area contributed by atoms with Gasteiger partial charge in [0, 0.05) is 24.7 Å². The molecule has 1 aromatic rings. The minimum absolute atomic E-state index is 0.287. The van der Waals surface area contributed by atoms with Crippen LogP contribution in [0.15, 0.2) is 18.2 Å². The van der Waals surface area contributed by atoms with Crippen LogP contribution in [0.3, 0.4) is 0 Å². The first-order chi connectivity index (χ1) is 11.4.